The van der Waals surface area contributed by atoms with Crippen LogP contribution in [-0.2, 0) is 12.8 Å². The van der Waals surface area contributed by atoms with Crippen LogP contribution < -0.4 is 5.84 Å². The number of nitrogens with two attached hydrogens (primary N) is 1. The molecule has 2 aliphatic rings. The molecule has 6 nitrogen and oxygen atoms in total. The zero-order valence-electron chi connectivity index (χ0n) is 14.5. The zero-order chi connectivity index (χ0) is 18.8. The monoisotopic (exact) mass is 370 g/mol. The normalized spacial score (nSPS) is 18.0. The van der Waals surface area contributed by atoms with E-state index in [4.69, 9.17) is 5.84 Å². The lowest BCUT2D eigenvalue weighted by Crippen LogP contribution is -2.36. The van der Waals surface area contributed by atoms with Gasteiger partial charge in [0, 0.05) is 9.75 Å². The molecule has 0 bridgehead atoms. The molecule has 0 saturated heterocycles. The second kappa shape index (κ2) is 5.49. The number of thiophene rings is 1. The number of rotatable bonds is 2. The summed E-state index contributed by atoms with van der Waals surface area (Å²) in [4.78, 5) is 37.8. The van der Waals surface area contributed by atoms with Crippen molar-refractivity contribution in [3.05, 3.63) is 45.3 Å². The smallest absolute Gasteiger partial charge is 0.337 e. The molecule has 3 N–H and O–H groups in total. The number of carbonyl (C=O) groups is 3. The van der Waals surface area contributed by atoms with Crippen LogP contribution in [-0.4, -0.2) is 27.9 Å². The number of carbonyl (C=O) groups excluding carboxylic acids is 2. The summed E-state index contributed by atoms with van der Waals surface area (Å²) in [5, 5.41) is 10.4. The minimum absolute atomic E-state index is 0.0654. The number of imide groups is 1. The third-order valence-electron chi connectivity index (χ3n) is 5.17. The molecule has 0 radical (unpaired) electrons. The molecule has 2 heterocycles. The molecule has 134 valence electrons. The standard InChI is InChI=1S/C19H18N2O4S/c1-19(2)6-5-13-12(8-19)14(18(24)25)15(26-13)9-3-4-10-11(7-9)17(23)21(20)16(10)22/h3-4,7H,5-6,8,20H2,1-2H3,(H,24,25). The van der Waals surface area contributed by atoms with Crippen LogP contribution >= 0.6 is 11.3 Å². The molecule has 0 atom stereocenters. The Labute approximate surface area is 154 Å². The number of benzene rings is 1. The molecular formula is C19H18N2O4S. The van der Waals surface area contributed by atoms with Crippen LogP contribution in [0.2, 0.25) is 0 Å². The van der Waals surface area contributed by atoms with Crippen LogP contribution in [0.5, 0.6) is 0 Å². The number of aryl methyl sites for hydroxylation is 1. The molecule has 4 rings (SSSR count). The molecule has 1 aromatic carbocycles. The van der Waals surface area contributed by atoms with Crippen LogP contribution in [0.25, 0.3) is 10.4 Å². The lowest BCUT2D eigenvalue weighted by molar-refractivity contribution is 0.0650. The Balaban J connectivity index is 1.88. The van der Waals surface area contributed by atoms with E-state index in [0.717, 1.165) is 29.7 Å². The summed E-state index contributed by atoms with van der Waals surface area (Å²) in [6.07, 6.45) is 2.59. The van der Waals surface area contributed by atoms with Crippen LogP contribution in [0.1, 0.15) is 61.8 Å². The second-order valence-corrected chi connectivity index (χ2v) is 8.70. The van der Waals surface area contributed by atoms with Crippen molar-refractivity contribution < 1.29 is 19.5 Å². The fraction of sp³-hybridized carbons (Fsp3) is 0.316. The highest BCUT2D eigenvalue weighted by molar-refractivity contribution is 7.16. The highest BCUT2D eigenvalue weighted by atomic mass is 32.1. The van der Waals surface area contributed by atoms with E-state index in [0.29, 0.717) is 21.0 Å². The van der Waals surface area contributed by atoms with E-state index in [1.165, 1.54) is 11.3 Å². The average molecular weight is 370 g/mol. The first-order valence-corrected chi connectivity index (χ1v) is 9.17. The maximum Gasteiger partial charge on any atom is 0.337 e. The van der Waals surface area contributed by atoms with E-state index >= 15 is 0 Å². The van der Waals surface area contributed by atoms with Crippen molar-refractivity contribution in [1.82, 2.24) is 5.01 Å². The molecule has 2 aromatic rings. The number of nitrogens with zero attached hydrogens (tertiary/aromatic N) is 1. The van der Waals surface area contributed by atoms with Gasteiger partial charge < -0.3 is 5.11 Å². The van der Waals surface area contributed by atoms with Crippen molar-refractivity contribution in [3.8, 4) is 10.4 Å². The molecular weight excluding hydrogens is 352 g/mol. The number of amides is 2. The Morgan fingerprint density at radius 2 is 1.92 bits per heavy atom. The summed E-state index contributed by atoms with van der Waals surface area (Å²) in [5.41, 5.74) is 2.39. The molecule has 0 fully saturated rings. The van der Waals surface area contributed by atoms with E-state index in [-0.39, 0.29) is 16.5 Å². The topological polar surface area (TPSA) is 101 Å². The van der Waals surface area contributed by atoms with E-state index in [1.807, 2.05) is 0 Å². The molecule has 0 unspecified atom stereocenters. The predicted molar refractivity (Wildman–Crippen MR) is 97.2 cm³/mol. The number of carboxylic acid groups (broad SMARTS) is 1. The first-order chi connectivity index (χ1) is 12.2. The number of fused-ring (bicyclic) bond motifs is 2. The van der Waals surface area contributed by atoms with Gasteiger partial charge in [0.2, 0.25) is 0 Å². The van der Waals surface area contributed by atoms with E-state index in [1.54, 1.807) is 18.2 Å². The van der Waals surface area contributed by atoms with Crippen LogP contribution in [0.15, 0.2) is 18.2 Å². The first kappa shape index (κ1) is 16.9. The largest absolute Gasteiger partial charge is 0.478 e. The Hall–Kier alpha value is -2.51. The van der Waals surface area contributed by atoms with Crippen molar-refractivity contribution in [2.24, 2.45) is 11.3 Å². The highest BCUT2D eigenvalue weighted by Crippen LogP contribution is 2.45. The van der Waals surface area contributed by atoms with Gasteiger partial charge in [-0.1, -0.05) is 19.9 Å². The van der Waals surface area contributed by atoms with Gasteiger partial charge in [-0.05, 0) is 47.9 Å². The summed E-state index contributed by atoms with van der Waals surface area (Å²) in [7, 11) is 0. The van der Waals surface area contributed by atoms with Crippen molar-refractivity contribution >= 4 is 29.1 Å². The predicted octanol–water partition coefficient (Wildman–Crippen LogP) is 3.10. The van der Waals surface area contributed by atoms with Crippen molar-refractivity contribution in [2.75, 3.05) is 0 Å². The molecule has 0 spiro atoms. The van der Waals surface area contributed by atoms with E-state index in [9.17, 15) is 19.5 Å². The van der Waals surface area contributed by atoms with Crippen LogP contribution in [0, 0.1) is 5.41 Å². The summed E-state index contributed by atoms with van der Waals surface area (Å²) >= 11 is 1.47. The number of hydrazine groups is 1. The van der Waals surface area contributed by atoms with Gasteiger partial charge >= 0.3 is 5.97 Å². The second-order valence-electron chi connectivity index (χ2n) is 7.59. The molecule has 0 saturated carbocycles. The number of carboxylic acids is 1. The van der Waals surface area contributed by atoms with Gasteiger partial charge in [-0.15, -0.1) is 11.3 Å². The van der Waals surface area contributed by atoms with Crippen LogP contribution in [0.4, 0.5) is 0 Å². The van der Waals surface area contributed by atoms with Gasteiger partial charge in [0.25, 0.3) is 11.8 Å². The third-order valence-corrected chi connectivity index (χ3v) is 6.51. The summed E-state index contributed by atoms with van der Waals surface area (Å²) < 4.78 is 0. The lowest BCUT2D eigenvalue weighted by Gasteiger charge is -2.29. The van der Waals surface area contributed by atoms with Gasteiger partial charge in [-0.25, -0.2) is 15.6 Å². The minimum atomic E-state index is -0.960. The van der Waals surface area contributed by atoms with Gasteiger partial charge in [0.05, 0.1) is 16.7 Å². The van der Waals surface area contributed by atoms with Crippen LogP contribution in [0.3, 0.4) is 0 Å². The summed E-state index contributed by atoms with van der Waals surface area (Å²) in [6.45, 7) is 4.29. The Morgan fingerprint density at radius 3 is 2.62 bits per heavy atom. The fourth-order valence-corrected chi connectivity index (χ4v) is 5.06. The fourth-order valence-electron chi connectivity index (χ4n) is 3.75. The van der Waals surface area contributed by atoms with Gasteiger partial charge in [0.1, 0.15) is 0 Å². The molecule has 1 aliphatic carbocycles. The Kier molecular flexibility index (Phi) is 3.58. The molecule has 1 aromatic heterocycles. The molecule has 1 aliphatic heterocycles. The molecule has 7 heteroatoms. The summed E-state index contributed by atoms with van der Waals surface area (Å²) in [6, 6.07) is 4.82. The number of hydrogen-bond donors (Lipinski definition) is 2. The Bertz CT molecular complexity index is 990. The minimum Gasteiger partial charge on any atom is -0.478 e. The maximum absolute atomic E-state index is 12.2. The maximum atomic E-state index is 12.2. The van der Waals surface area contributed by atoms with Gasteiger partial charge in [-0.2, -0.15) is 0 Å². The van der Waals surface area contributed by atoms with E-state index in [2.05, 4.69) is 13.8 Å². The Morgan fingerprint density at radius 1 is 1.23 bits per heavy atom. The van der Waals surface area contributed by atoms with Crippen molar-refractivity contribution in [3.63, 3.8) is 0 Å². The van der Waals surface area contributed by atoms with Crippen molar-refractivity contribution in [2.45, 2.75) is 33.1 Å². The van der Waals surface area contributed by atoms with Gasteiger partial charge in [0.15, 0.2) is 0 Å². The number of hydrogen-bond acceptors (Lipinski definition) is 5. The zero-order valence-corrected chi connectivity index (χ0v) is 15.3. The molecule has 2 amide bonds. The average Bonchev–Trinajstić information content (AvgIpc) is 3.05. The third kappa shape index (κ3) is 2.39. The quantitative estimate of drug-likeness (QED) is 0.481. The summed E-state index contributed by atoms with van der Waals surface area (Å²) in [5.74, 6) is 3.43. The lowest BCUT2D eigenvalue weighted by atomic mass is 9.76. The molecule has 26 heavy (non-hydrogen) atoms. The SMILES string of the molecule is CC1(C)CCc2sc(-c3ccc4c(c3)C(=O)N(N)C4=O)c(C(=O)O)c2C1. The van der Waals surface area contributed by atoms with E-state index < -0.39 is 17.8 Å². The van der Waals surface area contributed by atoms with Crippen molar-refractivity contribution in [1.29, 1.82) is 0 Å². The number of aromatic carboxylic acids is 1. The highest BCUT2D eigenvalue weighted by Gasteiger charge is 2.36. The van der Waals surface area contributed by atoms with Gasteiger partial charge in [-0.3, -0.25) is 9.59 Å². The first-order valence-electron chi connectivity index (χ1n) is 8.35.